The van der Waals surface area contributed by atoms with Crippen molar-refractivity contribution in [1.29, 1.82) is 0 Å². The van der Waals surface area contributed by atoms with Crippen molar-refractivity contribution >= 4 is 11.6 Å². The number of nitrogens with zero attached hydrogens (tertiary/aromatic N) is 3. The fraction of sp³-hybridized carbons (Fsp3) is 0.308. The minimum atomic E-state index is -2.21. The molecule has 7 heteroatoms. The molecule has 0 saturated carbocycles. The molecule has 0 aliphatic heterocycles. The highest BCUT2D eigenvalue weighted by Gasteiger charge is 2.31. The molecule has 0 fully saturated rings. The first-order chi connectivity index (χ1) is 9.21. The van der Waals surface area contributed by atoms with Gasteiger partial charge in [-0.2, -0.15) is 5.10 Å². The average Bonchev–Trinajstić information content (AvgIpc) is 2.76. The van der Waals surface area contributed by atoms with Crippen molar-refractivity contribution < 1.29 is 9.18 Å². The molecule has 2 heterocycles. The van der Waals surface area contributed by atoms with Crippen LogP contribution in [0, 0.1) is 6.92 Å². The van der Waals surface area contributed by atoms with Gasteiger partial charge in [0.05, 0.1) is 17.4 Å². The Kier molecular flexibility index (Phi) is 3.31. The summed E-state index contributed by atoms with van der Waals surface area (Å²) in [5, 5.41) is 4.07. The van der Waals surface area contributed by atoms with Gasteiger partial charge in [0.25, 0.3) is 0 Å². The van der Waals surface area contributed by atoms with Gasteiger partial charge in [-0.1, -0.05) is 0 Å². The molecule has 0 aliphatic rings. The van der Waals surface area contributed by atoms with Gasteiger partial charge in [0, 0.05) is 12.3 Å². The molecule has 1 atom stereocenters. The summed E-state index contributed by atoms with van der Waals surface area (Å²) in [6.45, 7) is 4.30. The average molecular weight is 277 g/mol. The van der Waals surface area contributed by atoms with E-state index in [2.05, 4.69) is 10.1 Å². The third-order valence-corrected chi connectivity index (χ3v) is 2.94. The highest BCUT2D eigenvalue weighted by Crippen LogP contribution is 2.28. The summed E-state index contributed by atoms with van der Waals surface area (Å²) in [7, 11) is 0. The summed E-state index contributed by atoms with van der Waals surface area (Å²) >= 11 is 0. The van der Waals surface area contributed by atoms with Crippen molar-refractivity contribution in [2.24, 2.45) is 5.73 Å². The van der Waals surface area contributed by atoms with Gasteiger partial charge in [-0.05, 0) is 26.3 Å². The van der Waals surface area contributed by atoms with Crippen molar-refractivity contribution in [2.45, 2.75) is 26.6 Å². The van der Waals surface area contributed by atoms with Gasteiger partial charge in [0.15, 0.2) is 11.6 Å². The van der Waals surface area contributed by atoms with Crippen LogP contribution >= 0.6 is 0 Å². The van der Waals surface area contributed by atoms with Crippen molar-refractivity contribution in [3.05, 3.63) is 35.3 Å². The summed E-state index contributed by atoms with van der Waals surface area (Å²) in [4.78, 5) is 15.5. The molecule has 6 nitrogen and oxygen atoms in total. The van der Waals surface area contributed by atoms with Crippen molar-refractivity contribution in [1.82, 2.24) is 14.8 Å². The van der Waals surface area contributed by atoms with Crippen LogP contribution < -0.4 is 11.5 Å². The number of hydrogen-bond donors (Lipinski definition) is 2. The Balaban J connectivity index is 2.75. The molecular formula is C13H16FN5O. The van der Waals surface area contributed by atoms with Crippen LogP contribution in [0.1, 0.15) is 35.5 Å². The Bertz CT molecular complexity index is 672. The molecule has 0 bridgehead atoms. The predicted molar refractivity (Wildman–Crippen MR) is 73.2 cm³/mol. The number of aryl methyl sites for hydroxylation is 1. The predicted octanol–water partition coefficient (Wildman–Crippen LogP) is 1.46. The second kappa shape index (κ2) is 4.68. The Morgan fingerprint density at radius 1 is 1.45 bits per heavy atom. The third kappa shape index (κ3) is 2.39. The van der Waals surface area contributed by atoms with E-state index in [1.165, 1.54) is 24.7 Å². The van der Waals surface area contributed by atoms with E-state index in [9.17, 15) is 9.18 Å². The molecule has 0 amide bonds. The van der Waals surface area contributed by atoms with E-state index >= 15 is 0 Å². The quantitative estimate of drug-likeness (QED) is 0.653. The number of carbonyl (C=O) groups excluding carboxylic acids is 1. The van der Waals surface area contributed by atoms with Gasteiger partial charge in [-0.15, -0.1) is 0 Å². The maximum absolute atomic E-state index is 14.3. The lowest BCUT2D eigenvalue weighted by Crippen LogP contribution is -2.32. The molecule has 0 aliphatic carbocycles. The maximum atomic E-state index is 14.3. The third-order valence-electron chi connectivity index (χ3n) is 2.94. The van der Waals surface area contributed by atoms with Gasteiger partial charge in [0.2, 0.25) is 0 Å². The van der Waals surface area contributed by atoms with Crippen molar-refractivity contribution in [3.63, 3.8) is 0 Å². The van der Waals surface area contributed by atoms with E-state index in [1.54, 1.807) is 19.2 Å². The van der Waals surface area contributed by atoms with E-state index in [-0.39, 0.29) is 22.9 Å². The number of carbonyl (C=O) groups is 1. The van der Waals surface area contributed by atoms with Crippen LogP contribution in [0.2, 0.25) is 0 Å². The molecule has 0 radical (unpaired) electrons. The summed E-state index contributed by atoms with van der Waals surface area (Å²) in [5.41, 5.74) is 12.6. The number of ketones is 1. The normalized spacial score (nSPS) is 14.1. The topological polar surface area (TPSA) is 99.8 Å². The lowest BCUT2D eigenvalue weighted by atomic mass is 10.1. The molecule has 4 N–H and O–H groups in total. The molecular weight excluding hydrogens is 261 g/mol. The minimum absolute atomic E-state index is 0.00120. The second-order valence-corrected chi connectivity index (χ2v) is 4.85. The lowest BCUT2D eigenvalue weighted by Gasteiger charge is -2.19. The van der Waals surface area contributed by atoms with Crippen LogP contribution in [0.4, 0.5) is 10.2 Å². The SMILES string of the molecule is CC(=O)c1cnn(-c2cc(N)ncc2C)c1C(C)(N)F. The number of nitrogen functional groups attached to an aromatic ring is 1. The van der Waals surface area contributed by atoms with Crippen molar-refractivity contribution in [3.8, 4) is 5.69 Å². The van der Waals surface area contributed by atoms with Crippen LogP contribution in [-0.4, -0.2) is 20.5 Å². The zero-order chi connectivity index (χ0) is 15.1. The first-order valence-corrected chi connectivity index (χ1v) is 6.01. The zero-order valence-corrected chi connectivity index (χ0v) is 11.5. The number of nitrogens with two attached hydrogens (primary N) is 2. The second-order valence-electron chi connectivity index (χ2n) is 4.85. The standard InChI is InChI=1S/C13H16FN5O/c1-7-5-17-11(15)4-10(7)19-12(13(3,14)16)9(6-18-19)8(2)20/h4-6H,16H2,1-3H3,(H2,15,17). The highest BCUT2D eigenvalue weighted by atomic mass is 19.1. The van der Waals surface area contributed by atoms with E-state index in [1.807, 2.05) is 0 Å². The number of Topliss-reactive ketones (excluding diaryl/α,β-unsaturated/α-hetero) is 1. The fourth-order valence-corrected chi connectivity index (χ4v) is 2.02. The first-order valence-electron chi connectivity index (χ1n) is 6.01. The van der Waals surface area contributed by atoms with E-state index in [4.69, 9.17) is 11.5 Å². The molecule has 2 aromatic heterocycles. The Hall–Kier alpha value is -2.28. The molecule has 0 spiro atoms. The number of pyridine rings is 1. The summed E-state index contributed by atoms with van der Waals surface area (Å²) in [6.07, 6.45) is 2.86. The van der Waals surface area contributed by atoms with Crippen LogP contribution in [0.25, 0.3) is 5.69 Å². The maximum Gasteiger partial charge on any atom is 0.199 e. The number of halogens is 1. The van der Waals surface area contributed by atoms with Gasteiger partial charge in [-0.3, -0.25) is 10.5 Å². The highest BCUT2D eigenvalue weighted by molar-refractivity contribution is 5.95. The molecule has 106 valence electrons. The number of anilines is 1. The van der Waals surface area contributed by atoms with Crippen LogP contribution in [-0.2, 0) is 5.79 Å². The van der Waals surface area contributed by atoms with Crippen LogP contribution in [0.3, 0.4) is 0 Å². The molecule has 2 aromatic rings. The van der Waals surface area contributed by atoms with Gasteiger partial charge in [0.1, 0.15) is 11.5 Å². The van der Waals surface area contributed by atoms with E-state index < -0.39 is 5.79 Å². The Morgan fingerprint density at radius 3 is 2.65 bits per heavy atom. The molecule has 1 unspecified atom stereocenters. The monoisotopic (exact) mass is 277 g/mol. The van der Waals surface area contributed by atoms with E-state index in [0.717, 1.165) is 5.56 Å². The lowest BCUT2D eigenvalue weighted by molar-refractivity contribution is 0.100. The zero-order valence-electron chi connectivity index (χ0n) is 11.5. The fourth-order valence-electron chi connectivity index (χ4n) is 2.02. The van der Waals surface area contributed by atoms with Crippen LogP contribution in [0.5, 0.6) is 0 Å². The largest absolute Gasteiger partial charge is 0.384 e. The minimum Gasteiger partial charge on any atom is -0.384 e. The Labute approximate surface area is 115 Å². The number of rotatable bonds is 3. The van der Waals surface area contributed by atoms with Gasteiger partial charge in [-0.25, -0.2) is 14.1 Å². The molecule has 0 saturated heterocycles. The Morgan fingerprint density at radius 2 is 2.10 bits per heavy atom. The summed E-state index contributed by atoms with van der Waals surface area (Å²) in [5.74, 6) is -2.24. The molecule has 0 aromatic carbocycles. The number of alkyl halides is 1. The summed E-state index contributed by atoms with van der Waals surface area (Å²) < 4.78 is 15.6. The molecule has 20 heavy (non-hydrogen) atoms. The van der Waals surface area contributed by atoms with Crippen molar-refractivity contribution in [2.75, 3.05) is 5.73 Å². The van der Waals surface area contributed by atoms with E-state index in [0.29, 0.717) is 5.69 Å². The van der Waals surface area contributed by atoms with Crippen LogP contribution in [0.15, 0.2) is 18.5 Å². The number of aromatic nitrogens is 3. The summed E-state index contributed by atoms with van der Waals surface area (Å²) in [6, 6.07) is 1.56. The smallest absolute Gasteiger partial charge is 0.199 e. The number of hydrogen-bond acceptors (Lipinski definition) is 5. The first kappa shape index (κ1) is 14.1. The van der Waals surface area contributed by atoms with Gasteiger partial charge >= 0.3 is 0 Å². The molecule has 2 rings (SSSR count). The van der Waals surface area contributed by atoms with Gasteiger partial charge < -0.3 is 5.73 Å².